The predicted molar refractivity (Wildman–Crippen MR) is 91.0 cm³/mol. The highest BCUT2D eigenvalue weighted by Gasteiger charge is 2.46. The van der Waals surface area contributed by atoms with E-state index in [4.69, 9.17) is 24.7 Å². The van der Waals surface area contributed by atoms with Crippen LogP contribution in [0.5, 0.6) is 0 Å². The maximum Gasteiger partial charge on any atom is 0.167 e. The van der Waals surface area contributed by atoms with Crippen molar-refractivity contribution in [2.45, 2.75) is 44.3 Å². The van der Waals surface area contributed by atoms with Crippen molar-refractivity contribution in [1.82, 2.24) is 19.5 Å². The Morgan fingerprint density at radius 3 is 2.76 bits per heavy atom. The van der Waals surface area contributed by atoms with Crippen molar-refractivity contribution in [2.75, 3.05) is 33.2 Å². The Hall–Kier alpha value is -1.81. The van der Waals surface area contributed by atoms with Gasteiger partial charge in [-0.25, -0.2) is 15.0 Å². The second kappa shape index (κ2) is 8.05. The average molecular weight is 351 g/mol. The first kappa shape index (κ1) is 18.0. The number of hydrogen-bond acceptors (Lipinski definition) is 8. The topological polar surface area (TPSA) is 107 Å². The summed E-state index contributed by atoms with van der Waals surface area (Å²) in [5, 5.41) is 0. The van der Waals surface area contributed by atoms with Gasteiger partial charge in [0.2, 0.25) is 0 Å². The molecule has 1 unspecified atom stereocenters. The molecule has 1 aliphatic heterocycles. The summed E-state index contributed by atoms with van der Waals surface area (Å²) in [7, 11) is 3.32. The van der Waals surface area contributed by atoms with Crippen molar-refractivity contribution in [2.24, 2.45) is 0 Å². The van der Waals surface area contributed by atoms with Gasteiger partial charge >= 0.3 is 0 Å². The molecule has 9 heteroatoms. The van der Waals surface area contributed by atoms with Crippen molar-refractivity contribution in [1.29, 1.82) is 0 Å². The van der Waals surface area contributed by atoms with Crippen LogP contribution in [0.25, 0.3) is 11.2 Å². The standard InChI is InChI=1S/C16H25N5O4/c1-4-5-10-12(23-3)13(24-7-6-22-2)16(25-10)21-9-20-11-14(17)18-8-19-15(11)21/h8-10,12-13,16H,4-7H2,1-3H3,(H2,17,18,19)/t10-,12?,13+,16-/m1/s1. The Labute approximate surface area is 146 Å². The lowest BCUT2D eigenvalue weighted by molar-refractivity contribution is -0.0812. The number of imidazole rings is 1. The quantitative estimate of drug-likeness (QED) is 0.706. The van der Waals surface area contributed by atoms with Crippen LogP contribution in [-0.4, -0.2) is 65.3 Å². The summed E-state index contributed by atoms with van der Waals surface area (Å²) < 4.78 is 24.9. The molecule has 0 aromatic carbocycles. The number of anilines is 1. The van der Waals surface area contributed by atoms with E-state index in [9.17, 15) is 0 Å². The first-order valence-electron chi connectivity index (χ1n) is 8.43. The lowest BCUT2D eigenvalue weighted by Gasteiger charge is -2.23. The number of fused-ring (bicyclic) bond motifs is 1. The van der Waals surface area contributed by atoms with Crippen LogP contribution in [0.4, 0.5) is 5.82 Å². The van der Waals surface area contributed by atoms with Gasteiger partial charge in [-0.2, -0.15) is 0 Å². The van der Waals surface area contributed by atoms with Crippen LogP contribution in [0, 0.1) is 0 Å². The SMILES string of the molecule is CCC[C@H]1O[C@@H](n2cnc3c(N)ncnc32)[C@@H](OCCOC)C1OC. The molecule has 138 valence electrons. The third-order valence-corrected chi connectivity index (χ3v) is 4.39. The predicted octanol–water partition coefficient (Wildman–Crippen LogP) is 1.15. The van der Waals surface area contributed by atoms with Crippen molar-refractivity contribution >= 4 is 17.0 Å². The molecule has 2 aromatic heterocycles. The van der Waals surface area contributed by atoms with E-state index in [1.807, 2.05) is 4.57 Å². The highest BCUT2D eigenvalue weighted by Crippen LogP contribution is 2.36. The van der Waals surface area contributed by atoms with Crippen LogP contribution in [0.15, 0.2) is 12.7 Å². The normalized spacial score (nSPS) is 26.5. The van der Waals surface area contributed by atoms with Crippen LogP contribution in [0.2, 0.25) is 0 Å². The van der Waals surface area contributed by atoms with Gasteiger partial charge < -0.3 is 24.7 Å². The Kier molecular flexibility index (Phi) is 5.79. The summed E-state index contributed by atoms with van der Waals surface area (Å²) >= 11 is 0. The second-order valence-corrected chi connectivity index (χ2v) is 5.97. The van der Waals surface area contributed by atoms with Crippen LogP contribution in [-0.2, 0) is 18.9 Å². The van der Waals surface area contributed by atoms with Crippen LogP contribution in [0.1, 0.15) is 26.0 Å². The molecule has 4 atom stereocenters. The molecule has 0 spiro atoms. The van der Waals surface area contributed by atoms with Gasteiger partial charge in [0.25, 0.3) is 0 Å². The van der Waals surface area contributed by atoms with Gasteiger partial charge in [0.15, 0.2) is 17.7 Å². The lowest BCUT2D eigenvalue weighted by atomic mass is 10.1. The molecule has 1 fully saturated rings. The second-order valence-electron chi connectivity index (χ2n) is 5.97. The van der Waals surface area contributed by atoms with E-state index in [0.717, 1.165) is 12.8 Å². The maximum absolute atomic E-state index is 6.27. The number of aromatic nitrogens is 4. The number of methoxy groups -OCH3 is 2. The van der Waals surface area contributed by atoms with Gasteiger partial charge in [0.1, 0.15) is 24.1 Å². The van der Waals surface area contributed by atoms with Gasteiger partial charge in [-0.3, -0.25) is 4.57 Å². The summed E-state index contributed by atoms with van der Waals surface area (Å²) in [5.41, 5.74) is 7.06. The minimum atomic E-state index is -0.405. The maximum atomic E-state index is 6.27. The highest BCUT2D eigenvalue weighted by atomic mass is 16.6. The Bertz CT molecular complexity index is 694. The van der Waals surface area contributed by atoms with E-state index in [2.05, 4.69) is 21.9 Å². The molecule has 0 saturated carbocycles. The first-order valence-corrected chi connectivity index (χ1v) is 8.43. The van der Waals surface area contributed by atoms with Crippen LogP contribution < -0.4 is 5.73 Å². The van der Waals surface area contributed by atoms with Crippen LogP contribution in [0.3, 0.4) is 0 Å². The van der Waals surface area contributed by atoms with E-state index < -0.39 is 6.23 Å². The van der Waals surface area contributed by atoms with E-state index in [1.54, 1.807) is 20.5 Å². The zero-order chi connectivity index (χ0) is 17.8. The van der Waals surface area contributed by atoms with Crippen molar-refractivity contribution < 1.29 is 18.9 Å². The van der Waals surface area contributed by atoms with Gasteiger partial charge in [-0.15, -0.1) is 0 Å². The van der Waals surface area contributed by atoms with Crippen molar-refractivity contribution in [3.63, 3.8) is 0 Å². The van der Waals surface area contributed by atoms with E-state index in [1.165, 1.54) is 6.33 Å². The highest BCUT2D eigenvalue weighted by molar-refractivity contribution is 5.81. The van der Waals surface area contributed by atoms with Crippen LogP contribution >= 0.6 is 0 Å². The molecule has 0 aliphatic carbocycles. The average Bonchev–Trinajstić information content (AvgIpc) is 3.18. The summed E-state index contributed by atoms with van der Waals surface area (Å²) in [6, 6.07) is 0. The minimum absolute atomic E-state index is 0.0656. The molecule has 0 amide bonds. The number of ether oxygens (including phenoxy) is 4. The number of hydrogen-bond donors (Lipinski definition) is 1. The first-order chi connectivity index (χ1) is 12.2. The van der Waals surface area contributed by atoms with Gasteiger partial charge in [-0.1, -0.05) is 13.3 Å². The molecule has 9 nitrogen and oxygen atoms in total. The molecule has 2 N–H and O–H groups in total. The van der Waals surface area contributed by atoms with E-state index in [0.29, 0.717) is 30.2 Å². The zero-order valence-electron chi connectivity index (χ0n) is 14.8. The third kappa shape index (κ3) is 3.45. The Morgan fingerprint density at radius 1 is 1.20 bits per heavy atom. The molecular weight excluding hydrogens is 326 g/mol. The summed E-state index contributed by atoms with van der Waals surface area (Å²) in [4.78, 5) is 12.6. The third-order valence-electron chi connectivity index (χ3n) is 4.39. The number of nitrogens with zero attached hydrogens (tertiary/aromatic N) is 4. The number of nitrogens with two attached hydrogens (primary N) is 1. The molecule has 3 heterocycles. The molecular formula is C16H25N5O4. The molecule has 3 rings (SSSR count). The molecule has 1 aliphatic rings. The largest absolute Gasteiger partial charge is 0.382 e. The minimum Gasteiger partial charge on any atom is -0.382 e. The van der Waals surface area contributed by atoms with Gasteiger partial charge in [0, 0.05) is 14.2 Å². The van der Waals surface area contributed by atoms with Gasteiger partial charge in [-0.05, 0) is 6.42 Å². The number of nitrogen functional groups attached to an aromatic ring is 1. The molecule has 25 heavy (non-hydrogen) atoms. The summed E-state index contributed by atoms with van der Waals surface area (Å²) in [6.07, 6.45) is 3.99. The lowest BCUT2D eigenvalue weighted by Crippen LogP contribution is -2.36. The van der Waals surface area contributed by atoms with Crippen molar-refractivity contribution in [3.05, 3.63) is 12.7 Å². The molecule has 0 bridgehead atoms. The number of rotatable bonds is 8. The fourth-order valence-corrected chi connectivity index (χ4v) is 3.24. The van der Waals surface area contributed by atoms with E-state index in [-0.39, 0.29) is 18.3 Å². The molecule has 2 aromatic rings. The molecule has 0 radical (unpaired) electrons. The summed E-state index contributed by atoms with van der Waals surface area (Å²) in [6.45, 7) is 3.06. The van der Waals surface area contributed by atoms with Gasteiger partial charge in [0.05, 0.1) is 25.6 Å². The fourth-order valence-electron chi connectivity index (χ4n) is 3.24. The summed E-state index contributed by atoms with van der Waals surface area (Å²) in [5.74, 6) is 0.340. The van der Waals surface area contributed by atoms with E-state index >= 15 is 0 Å². The fraction of sp³-hybridized carbons (Fsp3) is 0.688. The monoisotopic (exact) mass is 351 g/mol. The Balaban J connectivity index is 1.93. The molecule has 1 saturated heterocycles. The zero-order valence-corrected chi connectivity index (χ0v) is 14.8. The Morgan fingerprint density at radius 2 is 2.04 bits per heavy atom. The van der Waals surface area contributed by atoms with Crippen molar-refractivity contribution in [3.8, 4) is 0 Å². The smallest absolute Gasteiger partial charge is 0.167 e.